The fourth-order valence-electron chi connectivity index (χ4n) is 2.57. The maximum absolute atomic E-state index is 12.2. The standard InChI is InChI=1S/C16H24N2OS/c1-12(16(19)18-14-7-3-2-4-8-14)20-15-9-5-6-13(10-15)11-17/h5-6,9-10,12,14H,2-4,7-8,11,17H2,1H3,(H,18,19). The number of nitrogens with two attached hydrogens (primary N) is 1. The van der Waals surface area contributed by atoms with Crippen molar-refractivity contribution in [2.75, 3.05) is 0 Å². The summed E-state index contributed by atoms with van der Waals surface area (Å²) in [4.78, 5) is 13.3. The molecular weight excluding hydrogens is 268 g/mol. The highest BCUT2D eigenvalue weighted by atomic mass is 32.2. The van der Waals surface area contributed by atoms with E-state index in [9.17, 15) is 4.79 Å². The molecule has 3 nitrogen and oxygen atoms in total. The van der Waals surface area contributed by atoms with Crippen molar-refractivity contribution in [1.29, 1.82) is 0 Å². The molecule has 4 heteroatoms. The van der Waals surface area contributed by atoms with E-state index >= 15 is 0 Å². The number of rotatable bonds is 5. The summed E-state index contributed by atoms with van der Waals surface area (Å²) in [6.07, 6.45) is 6.05. The Labute approximate surface area is 125 Å². The van der Waals surface area contributed by atoms with Crippen LogP contribution in [0.5, 0.6) is 0 Å². The first-order valence-corrected chi connectivity index (χ1v) is 8.33. The number of thioether (sulfide) groups is 1. The summed E-state index contributed by atoms with van der Waals surface area (Å²) < 4.78 is 0. The van der Waals surface area contributed by atoms with E-state index in [0.717, 1.165) is 23.3 Å². The average Bonchev–Trinajstić information content (AvgIpc) is 2.48. The molecule has 0 spiro atoms. The van der Waals surface area contributed by atoms with Gasteiger partial charge in [-0.05, 0) is 37.5 Å². The fourth-order valence-corrected chi connectivity index (χ4v) is 3.53. The van der Waals surface area contributed by atoms with Gasteiger partial charge in [0.25, 0.3) is 0 Å². The molecular formula is C16H24N2OS. The van der Waals surface area contributed by atoms with Crippen molar-refractivity contribution < 1.29 is 4.79 Å². The Kier molecular flexibility index (Phi) is 5.92. The van der Waals surface area contributed by atoms with Gasteiger partial charge in [-0.25, -0.2) is 0 Å². The van der Waals surface area contributed by atoms with Gasteiger partial charge in [-0.15, -0.1) is 11.8 Å². The largest absolute Gasteiger partial charge is 0.352 e. The Bertz CT molecular complexity index is 444. The first-order valence-electron chi connectivity index (χ1n) is 7.45. The molecule has 1 atom stereocenters. The molecule has 0 heterocycles. The summed E-state index contributed by atoms with van der Waals surface area (Å²) in [5, 5.41) is 3.12. The Morgan fingerprint density at radius 3 is 2.85 bits per heavy atom. The van der Waals surface area contributed by atoms with E-state index < -0.39 is 0 Å². The van der Waals surface area contributed by atoms with Gasteiger partial charge < -0.3 is 11.1 Å². The molecule has 0 saturated heterocycles. The maximum Gasteiger partial charge on any atom is 0.233 e. The van der Waals surface area contributed by atoms with Crippen molar-refractivity contribution in [2.24, 2.45) is 5.73 Å². The second kappa shape index (κ2) is 7.70. The number of nitrogens with one attached hydrogen (secondary N) is 1. The number of carbonyl (C=O) groups excluding carboxylic acids is 1. The van der Waals surface area contributed by atoms with Gasteiger partial charge in [0, 0.05) is 17.5 Å². The minimum absolute atomic E-state index is 0.0649. The van der Waals surface area contributed by atoms with Crippen molar-refractivity contribution in [3.05, 3.63) is 29.8 Å². The van der Waals surface area contributed by atoms with Crippen LogP contribution >= 0.6 is 11.8 Å². The zero-order valence-electron chi connectivity index (χ0n) is 12.1. The minimum atomic E-state index is -0.0649. The molecule has 1 amide bonds. The van der Waals surface area contributed by atoms with Crippen LogP contribution in [0.1, 0.15) is 44.6 Å². The number of carbonyl (C=O) groups is 1. The third-order valence-electron chi connectivity index (χ3n) is 3.77. The smallest absolute Gasteiger partial charge is 0.233 e. The van der Waals surface area contributed by atoms with Crippen LogP contribution in [-0.4, -0.2) is 17.2 Å². The minimum Gasteiger partial charge on any atom is -0.352 e. The van der Waals surface area contributed by atoms with E-state index in [1.807, 2.05) is 25.1 Å². The van der Waals surface area contributed by atoms with Gasteiger partial charge in [-0.3, -0.25) is 4.79 Å². The Balaban J connectivity index is 1.86. The van der Waals surface area contributed by atoms with Crippen LogP contribution in [0.4, 0.5) is 0 Å². The summed E-state index contributed by atoms with van der Waals surface area (Å²) in [5.74, 6) is 0.153. The first-order chi connectivity index (χ1) is 9.69. The van der Waals surface area contributed by atoms with E-state index in [1.54, 1.807) is 11.8 Å². The third kappa shape index (κ3) is 4.53. The molecule has 3 N–H and O–H groups in total. The molecule has 0 bridgehead atoms. The van der Waals surface area contributed by atoms with Crippen molar-refractivity contribution in [3.63, 3.8) is 0 Å². The molecule has 0 aliphatic heterocycles. The number of hydrogen-bond donors (Lipinski definition) is 2. The molecule has 0 radical (unpaired) electrons. The quantitative estimate of drug-likeness (QED) is 0.820. The Morgan fingerprint density at radius 2 is 2.15 bits per heavy atom. The monoisotopic (exact) mass is 292 g/mol. The van der Waals surface area contributed by atoms with Crippen LogP contribution in [0.3, 0.4) is 0 Å². The number of benzene rings is 1. The molecule has 110 valence electrons. The molecule has 1 aliphatic rings. The van der Waals surface area contributed by atoms with Gasteiger partial charge in [0.1, 0.15) is 0 Å². The van der Waals surface area contributed by atoms with Crippen LogP contribution in [0.25, 0.3) is 0 Å². The molecule has 2 rings (SSSR count). The van der Waals surface area contributed by atoms with E-state index in [1.165, 1.54) is 19.3 Å². The molecule has 1 saturated carbocycles. The Hall–Kier alpha value is -1.00. The lowest BCUT2D eigenvalue weighted by molar-refractivity contribution is -0.121. The summed E-state index contributed by atoms with van der Waals surface area (Å²) in [6, 6.07) is 8.49. The molecule has 0 aromatic heterocycles. The zero-order valence-corrected chi connectivity index (χ0v) is 12.9. The van der Waals surface area contributed by atoms with Crippen LogP contribution < -0.4 is 11.1 Å². The Morgan fingerprint density at radius 1 is 1.40 bits per heavy atom. The van der Waals surface area contributed by atoms with Crippen LogP contribution in [0, 0.1) is 0 Å². The predicted octanol–water partition coefficient (Wildman–Crippen LogP) is 3.07. The summed E-state index contributed by atoms with van der Waals surface area (Å²) in [5.41, 5.74) is 6.75. The lowest BCUT2D eigenvalue weighted by atomic mass is 9.95. The van der Waals surface area contributed by atoms with E-state index in [0.29, 0.717) is 12.6 Å². The second-order valence-corrected chi connectivity index (χ2v) is 6.87. The second-order valence-electron chi connectivity index (χ2n) is 5.46. The van der Waals surface area contributed by atoms with E-state index in [4.69, 9.17) is 5.73 Å². The maximum atomic E-state index is 12.2. The van der Waals surface area contributed by atoms with Gasteiger partial charge >= 0.3 is 0 Å². The van der Waals surface area contributed by atoms with Gasteiger partial charge in [-0.1, -0.05) is 31.4 Å². The predicted molar refractivity (Wildman–Crippen MR) is 84.7 cm³/mol. The molecule has 20 heavy (non-hydrogen) atoms. The third-order valence-corrected chi connectivity index (χ3v) is 4.86. The van der Waals surface area contributed by atoms with Gasteiger partial charge in [0.2, 0.25) is 5.91 Å². The fraction of sp³-hybridized carbons (Fsp3) is 0.562. The molecule has 1 aromatic carbocycles. The van der Waals surface area contributed by atoms with Gasteiger partial charge in [0.15, 0.2) is 0 Å². The SMILES string of the molecule is CC(Sc1cccc(CN)c1)C(=O)NC1CCCCC1. The highest BCUT2D eigenvalue weighted by Crippen LogP contribution is 2.25. The summed E-state index contributed by atoms with van der Waals surface area (Å²) >= 11 is 1.60. The lowest BCUT2D eigenvalue weighted by Gasteiger charge is -2.24. The van der Waals surface area contributed by atoms with Crippen molar-refractivity contribution in [2.45, 2.75) is 61.8 Å². The molecule has 1 fully saturated rings. The lowest BCUT2D eigenvalue weighted by Crippen LogP contribution is -2.40. The van der Waals surface area contributed by atoms with E-state index in [2.05, 4.69) is 11.4 Å². The van der Waals surface area contributed by atoms with Crippen molar-refractivity contribution in [3.8, 4) is 0 Å². The topological polar surface area (TPSA) is 55.1 Å². The van der Waals surface area contributed by atoms with Crippen molar-refractivity contribution >= 4 is 17.7 Å². The summed E-state index contributed by atoms with van der Waals surface area (Å²) in [7, 11) is 0. The first kappa shape index (κ1) is 15.4. The molecule has 1 unspecified atom stereocenters. The van der Waals surface area contributed by atoms with Gasteiger partial charge in [-0.2, -0.15) is 0 Å². The van der Waals surface area contributed by atoms with Crippen molar-refractivity contribution in [1.82, 2.24) is 5.32 Å². The van der Waals surface area contributed by atoms with Crippen LogP contribution in [-0.2, 0) is 11.3 Å². The highest BCUT2D eigenvalue weighted by molar-refractivity contribution is 8.00. The normalized spacial score (nSPS) is 17.7. The number of hydrogen-bond acceptors (Lipinski definition) is 3. The van der Waals surface area contributed by atoms with E-state index in [-0.39, 0.29) is 11.2 Å². The molecule has 1 aromatic rings. The average molecular weight is 292 g/mol. The highest BCUT2D eigenvalue weighted by Gasteiger charge is 2.20. The van der Waals surface area contributed by atoms with Gasteiger partial charge in [0.05, 0.1) is 5.25 Å². The number of amides is 1. The summed E-state index contributed by atoms with van der Waals surface area (Å²) in [6.45, 7) is 2.51. The zero-order chi connectivity index (χ0) is 14.4. The molecule has 1 aliphatic carbocycles. The van der Waals surface area contributed by atoms with Crippen LogP contribution in [0.15, 0.2) is 29.2 Å². The van der Waals surface area contributed by atoms with Crippen LogP contribution in [0.2, 0.25) is 0 Å².